The Kier molecular flexibility index (Phi) is 1.37. The summed E-state index contributed by atoms with van der Waals surface area (Å²) in [5.41, 5.74) is 7.77. The molecule has 1 unspecified atom stereocenters. The van der Waals surface area contributed by atoms with E-state index in [2.05, 4.69) is 9.55 Å². The third-order valence-electron chi connectivity index (χ3n) is 3.60. The molecule has 0 amide bonds. The number of aromatic nitrogens is 2. The molecule has 0 bridgehead atoms. The van der Waals surface area contributed by atoms with Crippen molar-refractivity contribution in [2.24, 2.45) is 11.7 Å². The Bertz CT molecular complexity index is 325. The van der Waals surface area contributed by atoms with Gasteiger partial charge in [0.2, 0.25) is 0 Å². The first-order chi connectivity index (χ1) is 6.28. The van der Waals surface area contributed by atoms with E-state index in [1.54, 1.807) is 0 Å². The molecule has 0 saturated heterocycles. The standard InChI is InChI=1S/C10H15N3/c11-10(3-4-10)8-1-2-9-5-12-7-13(9)6-8/h5,7-8H,1-4,6,11H2. The lowest BCUT2D eigenvalue weighted by molar-refractivity contribution is 0.298. The average molecular weight is 177 g/mol. The molecule has 3 rings (SSSR count). The normalized spacial score (nSPS) is 29.8. The van der Waals surface area contributed by atoms with Crippen LogP contribution in [0.3, 0.4) is 0 Å². The molecule has 3 nitrogen and oxygen atoms in total. The summed E-state index contributed by atoms with van der Waals surface area (Å²) in [5.74, 6) is 0.689. The number of rotatable bonds is 1. The number of nitrogens with two attached hydrogens (primary N) is 1. The Labute approximate surface area is 78.0 Å². The average Bonchev–Trinajstić information content (AvgIpc) is 2.74. The van der Waals surface area contributed by atoms with Gasteiger partial charge in [0.05, 0.1) is 6.33 Å². The summed E-state index contributed by atoms with van der Waals surface area (Å²) in [4.78, 5) is 4.16. The second-order valence-corrected chi connectivity index (χ2v) is 4.51. The van der Waals surface area contributed by atoms with E-state index in [9.17, 15) is 0 Å². The molecule has 3 heteroatoms. The Hall–Kier alpha value is -0.830. The molecule has 1 atom stereocenters. The van der Waals surface area contributed by atoms with E-state index in [0.29, 0.717) is 5.92 Å². The summed E-state index contributed by atoms with van der Waals surface area (Å²) in [6.45, 7) is 1.09. The SMILES string of the molecule is NC1(C2CCc3cncn3C2)CC1. The van der Waals surface area contributed by atoms with Crippen LogP contribution < -0.4 is 5.73 Å². The largest absolute Gasteiger partial charge is 0.334 e. The lowest BCUT2D eigenvalue weighted by atomic mass is 9.89. The molecule has 2 aliphatic rings. The van der Waals surface area contributed by atoms with Crippen LogP contribution in [0.15, 0.2) is 12.5 Å². The van der Waals surface area contributed by atoms with Crippen molar-refractivity contribution >= 4 is 0 Å². The Morgan fingerprint density at radius 1 is 1.54 bits per heavy atom. The molecule has 70 valence electrons. The predicted molar refractivity (Wildman–Crippen MR) is 50.2 cm³/mol. The van der Waals surface area contributed by atoms with Gasteiger partial charge in [-0.1, -0.05) is 0 Å². The number of fused-ring (bicyclic) bond motifs is 1. The van der Waals surface area contributed by atoms with Crippen molar-refractivity contribution in [3.05, 3.63) is 18.2 Å². The zero-order chi connectivity index (χ0) is 8.89. The minimum atomic E-state index is 0.182. The Morgan fingerprint density at radius 2 is 2.38 bits per heavy atom. The van der Waals surface area contributed by atoms with Crippen LogP contribution in [0.2, 0.25) is 0 Å². The minimum absolute atomic E-state index is 0.182. The van der Waals surface area contributed by atoms with Gasteiger partial charge in [-0.05, 0) is 31.6 Å². The van der Waals surface area contributed by atoms with Gasteiger partial charge in [0, 0.05) is 24.0 Å². The van der Waals surface area contributed by atoms with E-state index < -0.39 is 0 Å². The third kappa shape index (κ3) is 1.10. The number of aryl methyl sites for hydroxylation is 1. The second kappa shape index (κ2) is 2.35. The first-order valence-electron chi connectivity index (χ1n) is 5.06. The third-order valence-corrected chi connectivity index (χ3v) is 3.60. The van der Waals surface area contributed by atoms with Gasteiger partial charge in [-0.25, -0.2) is 4.98 Å². The molecular weight excluding hydrogens is 162 g/mol. The zero-order valence-corrected chi connectivity index (χ0v) is 7.74. The van der Waals surface area contributed by atoms with Crippen molar-refractivity contribution in [3.63, 3.8) is 0 Å². The summed E-state index contributed by atoms with van der Waals surface area (Å²) < 4.78 is 2.26. The molecule has 1 fully saturated rings. The quantitative estimate of drug-likeness (QED) is 0.693. The number of hydrogen-bond donors (Lipinski definition) is 1. The molecule has 0 aromatic carbocycles. The smallest absolute Gasteiger partial charge is 0.0948 e. The Balaban J connectivity index is 1.84. The molecular formula is C10H15N3. The lowest BCUT2D eigenvalue weighted by Crippen LogP contribution is -2.37. The lowest BCUT2D eigenvalue weighted by Gasteiger charge is -2.28. The van der Waals surface area contributed by atoms with Crippen molar-refractivity contribution in [2.75, 3.05) is 0 Å². The number of hydrogen-bond acceptors (Lipinski definition) is 2. The van der Waals surface area contributed by atoms with Crippen molar-refractivity contribution in [3.8, 4) is 0 Å². The topological polar surface area (TPSA) is 43.8 Å². The van der Waals surface area contributed by atoms with Crippen LogP contribution in [0, 0.1) is 5.92 Å². The van der Waals surface area contributed by atoms with Crippen LogP contribution >= 0.6 is 0 Å². The monoisotopic (exact) mass is 177 g/mol. The maximum atomic E-state index is 6.21. The molecule has 1 saturated carbocycles. The molecule has 13 heavy (non-hydrogen) atoms. The Morgan fingerprint density at radius 3 is 3.15 bits per heavy atom. The van der Waals surface area contributed by atoms with Gasteiger partial charge in [0.1, 0.15) is 0 Å². The van der Waals surface area contributed by atoms with Crippen molar-refractivity contribution in [2.45, 2.75) is 37.8 Å². The fourth-order valence-electron chi connectivity index (χ4n) is 2.39. The van der Waals surface area contributed by atoms with Crippen molar-refractivity contribution in [1.82, 2.24) is 9.55 Å². The number of imidazole rings is 1. The van der Waals surface area contributed by atoms with Gasteiger partial charge in [0.25, 0.3) is 0 Å². The first kappa shape index (κ1) is 7.56. The summed E-state index contributed by atoms with van der Waals surface area (Å²) in [6, 6.07) is 0. The van der Waals surface area contributed by atoms with E-state index >= 15 is 0 Å². The highest BCUT2D eigenvalue weighted by Crippen LogP contribution is 2.43. The van der Waals surface area contributed by atoms with E-state index in [4.69, 9.17) is 5.73 Å². The van der Waals surface area contributed by atoms with Crippen LogP contribution in [0.5, 0.6) is 0 Å². The van der Waals surface area contributed by atoms with Crippen molar-refractivity contribution in [1.29, 1.82) is 0 Å². The van der Waals surface area contributed by atoms with Crippen LogP contribution in [0.4, 0.5) is 0 Å². The zero-order valence-electron chi connectivity index (χ0n) is 7.74. The fourth-order valence-corrected chi connectivity index (χ4v) is 2.39. The molecule has 1 aromatic rings. The van der Waals surface area contributed by atoms with Gasteiger partial charge in [-0.3, -0.25) is 0 Å². The fraction of sp³-hybridized carbons (Fsp3) is 0.700. The maximum absolute atomic E-state index is 6.21. The highest BCUT2D eigenvalue weighted by Gasteiger charge is 2.46. The van der Waals surface area contributed by atoms with Gasteiger partial charge >= 0.3 is 0 Å². The van der Waals surface area contributed by atoms with Crippen LogP contribution in [0.25, 0.3) is 0 Å². The van der Waals surface area contributed by atoms with E-state index in [1.807, 2.05) is 12.5 Å². The summed E-state index contributed by atoms with van der Waals surface area (Å²) >= 11 is 0. The minimum Gasteiger partial charge on any atom is -0.334 e. The maximum Gasteiger partial charge on any atom is 0.0948 e. The van der Waals surface area contributed by atoms with Gasteiger partial charge in [0.15, 0.2) is 0 Å². The molecule has 0 spiro atoms. The van der Waals surface area contributed by atoms with E-state index in [1.165, 1.54) is 25.0 Å². The molecule has 0 radical (unpaired) electrons. The van der Waals surface area contributed by atoms with E-state index in [0.717, 1.165) is 13.0 Å². The summed E-state index contributed by atoms with van der Waals surface area (Å²) in [5, 5.41) is 0. The van der Waals surface area contributed by atoms with Gasteiger partial charge in [-0.2, -0.15) is 0 Å². The predicted octanol–water partition coefficient (Wildman–Crippen LogP) is 0.937. The van der Waals surface area contributed by atoms with Crippen LogP contribution in [0.1, 0.15) is 25.0 Å². The molecule has 2 N–H and O–H groups in total. The second-order valence-electron chi connectivity index (χ2n) is 4.51. The highest BCUT2D eigenvalue weighted by atomic mass is 15.1. The summed E-state index contributed by atoms with van der Waals surface area (Å²) in [7, 11) is 0. The molecule has 1 aliphatic heterocycles. The number of nitrogens with zero attached hydrogens (tertiary/aromatic N) is 2. The van der Waals surface area contributed by atoms with Crippen LogP contribution in [-0.4, -0.2) is 15.1 Å². The molecule has 1 aliphatic carbocycles. The summed E-state index contributed by atoms with van der Waals surface area (Å²) in [6.07, 6.45) is 8.77. The molecule has 2 heterocycles. The highest BCUT2D eigenvalue weighted by molar-refractivity contribution is 5.10. The first-order valence-corrected chi connectivity index (χ1v) is 5.06. The van der Waals surface area contributed by atoms with Crippen LogP contribution in [-0.2, 0) is 13.0 Å². The van der Waals surface area contributed by atoms with Gasteiger partial charge in [-0.15, -0.1) is 0 Å². The van der Waals surface area contributed by atoms with Crippen molar-refractivity contribution < 1.29 is 0 Å². The van der Waals surface area contributed by atoms with E-state index in [-0.39, 0.29) is 5.54 Å². The van der Waals surface area contributed by atoms with Gasteiger partial charge < -0.3 is 10.3 Å². The molecule has 1 aromatic heterocycles.